The Morgan fingerprint density at radius 2 is 1.91 bits per heavy atom. The summed E-state index contributed by atoms with van der Waals surface area (Å²) in [6, 6.07) is 5.82. The standard InChI is InChI=1S/C18H14F2N6O6/c19-18(20)8-25(7-14(18)32-10-3-1-9(2-4-10)26(30)31)13-5-12(23-24-16(13)28)11-6-21-17(29)22-15(11)27/h1-6,14H,7-8H2,(H,24,28)(H2,21,22,27,29). The molecule has 0 amide bonds. The van der Waals surface area contributed by atoms with Gasteiger partial charge in [0.1, 0.15) is 11.4 Å². The fraction of sp³-hybridized carbons (Fsp3) is 0.222. The van der Waals surface area contributed by atoms with Crippen LogP contribution in [0.25, 0.3) is 11.3 Å². The van der Waals surface area contributed by atoms with E-state index in [4.69, 9.17) is 4.74 Å². The zero-order valence-corrected chi connectivity index (χ0v) is 16.0. The molecule has 0 spiro atoms. The number of alkyl halides is 2. The minimum absolute atomic E-state index is 0.00576. The molecule has 14 heteroatoms. The van der Waals surface area contributed by atoms with E-state index in [9.17, 15) is 33.3 Å². The van der Waals surface area contributed by atoms with Crippen molar-refractivity contribution in [2.75, 3.05) is 18.0 Å². The smallest absolute Gasteiger partial charge is 0.325 e. The molecule has 3 N–H and O–H groups in total. The molecule has 1 aliphatic rings. The molecule has 3 heterocycles. The van der Waals surface area contributed by atoms with Gasteiger partial charge in [-0.15, -0.1) is 0 Å². The molecule has 1 atom stereocenters. The molecule has 2 aromatic heterocycles. The molecule has 12 nitrogen and oxygen atoms in total. The zero-order chi connectivity index (χ0) is 23.0. The molecule has 3 aromatic rings. The minimum Gasteiger partial charge on any atom is -0.482 e. The summed E-state index contributed by atoms with van der Waals surface area (Å²) < 4.78 is 34.5. The first kappa shape index (κ1) is 20.9. The molecule has 1 saturated heterocycles. The number of nitrogens with zero attached hydrogens (tertiary/aromatic N) is 3. The Hall–Kier alpha value is -4.36. The van der Waals surface area contributed by atoms with Crippen molar-refractivity contribution in [2.24, 2.45) is 0 Å². The summed E-state index contributed by atoms with van der Waals surface area (Å²) in [4.78, 5) is 50.9. The topological polar surface area (TPSA) is 167 Å². The molecule has 1 aliphatic heterocycles. The average molecular weight is 448 g/mol. The molecule has 32 heavy (non-hydrogen) atoms. The molecule has 1 aromatic carbocycles. The van der Waals surface area contributed by atoms with Gasteiger partial charge in [0.05, 0.1) is 29.3 Å². The first-order chi connectivity index (χ1) is 15.1. The van der Waals surface area contributed by atoms with Crippen LogP contribution in [0.2, 0.25) is 0 Å². The monoisotopic (exact) mass is 448 g/mol. The Bertz CT molecular complexity index is 1350. The van der Waals surface area contributed by atoms with Crippen LogP contribution >= 0.6 is 0 Å². The van der Waals surface area contributed by atoms with Crippen molar-refractivity contribution in [3.63, 3.8) is 0 Å². The highest BCUT2D eigenvalue weighted by Crippen LogP contribution is 2.34. The summed E-state index contributed by atoms with van der Waals surface area (Å²) in [7, 11) is 0. The molecule has 4 rings (SSSR count). The van der Waals surface area contributed by atoms with E-state index in [1.807, 2.05) is 4.98 Å². The third kappa shape index (κ3) is 3.97. The van der Waals surface area contributed by atoms with Gasteiger partial charge in [-0.3, -0.25) is 24.7 Å². The number of aromatic nitrogens is 4. The van der Waals surface area contributed by atoms with Crippen molar-refractivity contribution in [3.05, 3.63) is 77.8 Å². The van der Waals surface area contributed by atoms with Gasteiger partial charge in [-0.2, -0.15) is 5.10 Å². The molecule has 0 radical (unpaired) electrons. The third-order valence-electron chi connectivity index (χ3n) is 4.80. The molecule has 1 fully saturated rings. The second-order valence-corrected chi connectivity index (χ2v) is 6.95. The first-order valence-corrected chi connectivity index (χ1v) is 9.10. The quantitative estimate of drug-likeness (QED) is 0.377. The van der Waals surface area contributed by atoms with Gasteiger partial charge < -0.3 is 14.6 Å². The van der Waals surface area contributed by atoms with Crippen LogP contribution < -0.4 is 26.4 Å². The van der Waals surface area contributed by atoms with E-state index >= 15 is 0 Å². The van der Waals surface area contributed by atoms with Crippen LogP contribution in [-0.4, -0.2) is 50.2 Å². The Morgan fingerprint density at radius 1 is 1.19 bits per heavy atom. The number of non-ortho nitro benzene ring substituents is 1. The van der Waals surface area contributed by atoms with E-state index in [1.54, 1.807) is 0 Å². The van der Waals surface area contributed by atoms with Crippen LogP contribution in [0.15, 0.2) is 50.9 Å². The maximum atomic E-state index is 14.6. The van der Waals surface area contributed by atoms with Gasteiger partial charge in [-0.05, 0) is 18.2 Å². The number of nitrogens with one attached hydrogen (secondary N) is 3. The van der Waals surface area contributed by atoms with E-state index in [0.717, 1.165) is 29.3 Å². The fourth-order valence-corrected chi connectivity index (χ4v) is 3.24. The molecule has 0 aliphatic carbocycles. The van der Waals surface area contributed by atoms with E-state index in [0.29, 0.717) is 0 Å². The van der Waals surface area contributed by atoms with E-state index < -0.39 is 40.3 Å². The molecule has 0 bridgehead atoms. The number of nitro benzene ring substituents is 1. The SMILES string of the molecule is O=c1[nH]cc(-c2cc(N3CC(Oc4ccc([N+](=O)[O-])cc4)C(F)(F)C3)c(=O)[nH]n2)c(=O)[nH]1. The summed E-state index contributed by atoms with van der Waals surface area (Å²) in [6.45, 7) is -1.22. The van der Waals surface area contributed by atoms with E-state index in [-0.39, 0.29) is 34.9 Å². The van der Waals surface area contributed by atoms with Crippen molar-refractivity contribution < 1.29 is 18.4 Å². The minimum atomic E-state index is -3.35. The van der Waals surface area contributed by atoms with E-state index in [1.165, 1.54) is 12.1 Å². The summed E-state index contributed by atoms with van der Waals surface area (Å²) in [5, 5.41) is 16.6. The van der Waals surface area contributed by atoms with E-state index in [2.05, 4.69) is 15.2 Å². The highest BCUT2D eigenvalue weighted by molar-refractivity contribution is 5.62. The number of aromatic amines is 3. The molecular formula is C18H14F2N6O6. The summed E-state index contributed by atoms with van der Waals surface area (Å²) in [5.41, 5.74) is -2.78. The van der Waals surface area contributed by atoms with Gasteiger partial charge in [0.2, 0.25) is 0 Å². The maximum Gasteiger partial charge on any atom is 0.325 e. The Kier molecular flexibility index (Phi) is 5.04. The van der Waals surface area contributed by atoms with Crippen LogP contribution in [0.5, 0.6) is 5.75 Å². The zero-order valence-electron chi connectivity index (χ0n) is 16.0. The van der Waals surface area contributed by atoms with Gasteiger partial charge in [0, 0.05) is 18.3 Å². The third-order valence-corrected chi connectivity index (χ3v) is 4.80. The lowest BCUT2D eigenvalue weighted by Gasteiger charge is -2.18. The molecule has 0 saturated carbocycles. The van der Waals surface area contributed by atoms with Crippen molar-refractivity contribution in [1.29, 1.82) is 0 Å². The molecular weight excluding hydrogens is 434 g/mol. The number of hydrogen-bond donors (Lipinski definition) is 3. The van der Waals surface area contributed by atoms with Gasteiger partial charge in [0.25, 0.3) is 16.8 Å². The van der Waals surface area contributed by atoms with Crippen molar-refractivity contribution >= 4 is 11.4 Å². The van der Waals surface area contributed by atoms with Crippen LogP contribution in [0.1, 0.15) is 0 Å². The predicted octanol–water partition coefficient (Wildman–Crippen LogP) is 0.625. The van der Waals surface area contributed by atoms with Gasteiger partial charge in [0.15, 0.2) is 6.10 Å². The fourth-order valence-electron chi connectivity index (χ4n) is 3.24. The number of rotatable bonds is 5. The van der Waals surface area contributed by atoms with Crippen molar-refractivity contribution in [2.45, 2.75) is 12.0 Å². The summed E-state index contributed by atoms with van der Waals surface area (Å²) >= 11 is 0. The highest BCUT2D eigenvalue weighted by atomic mass is 19.3. The number of benzene rings is 1. The lowest BCUT2D eigenvalue weighted by molar-refractivity contribution is -0.384. The summed E-state index contributed by atoms with van der Waals surface area (Å²) in [5.74, 6) is -3.35. The first-order valence-electron chi connectivity index (χ1n) is 9.10. The molecule has 1 unspecified atom stereocenters. The number of anilines is 1. The lowest BCUT2D eigenvalue weighted by atomic mass is 10.2. The van der Waals surface area contributed by atoms with Crippen LogP contribution in [-0.2, 0) is 0 Å². The number of hydrogen-bond acceptors (Lipinski definition) is 8. The van der Waals surface area contributed by atoms with Crippen LogP contribution in [0.3, 0.4) is 0 Å². The van der Waals surface area contributed by atoms with Gasteiger partial charge >= 0.3 is 11.6 Å². The predicted molar refractivity (Wildman–Crippen MR) is 106 cm³/mol. The molecule has 166 valence electrons. The second kappa shape index (κ2) is 7.72. The maximum absolute atomic E-state index is 14.6. The van der Waals surface area contributed by atoms with Crippen molar-refractivity contribution in [3.8, 4) is 17.0 Å². The second-order valence-electron chi connectivity index (χ2n) is 6.95. The number of nitro groups is 1. The number of ether oxygens (including phenoxy) is 1. The van der Waals surface area contributed by atoms with Crippen LogP contribution in [0.4, 0.5) is 20.2 Å². The highest BCUT2D eigenvalue weighted by Gasteiger charge is 2.50. The Morgan fingerprint density at radius 3 is 2.56 bits per heavy atom. The Balaban J connectivity index is 1.60. The Labute approximate surface area is 175 Å². The largest absolute Gasteiger partial charge is 0.482 e. The number of halogens is 2. The average Bonchev–Trinajstić information content (AvgIpc) is 3.03. The summed E-state index contributed by atoms with van der Waals surface area (Å²) in [6.07, 6.45) is -0.554. The van der Waals surface area contributed by atoms with Gasteiger partial charge in [-0.25, -0.2) is 18.7 Å². The van der Waals surface area contributed by atoms with Crippen molar-refractivity contribution in [1.82, 2.24) is 20.2 Å². The normalized spacial score (nSPS) is 17.3. The lowest BCUT2D eigenvalue weighted by Crippen LogP contribution is -2.36. The van der Waals surface area contributed by atoms with Gasteiger partial charge in [-0.1, -0.05) is 0 Å². The van der Waals surface area contributed by atoms with Crippen LogP contribution in [0, 0.1) is 10.1 Å². The number of H-pyrrole nitrogens is 3.